The van der Waals surface area contributed by atoms with Crippen molar-refractivity contribution in [3.63, 3.8) is 0 Å². The fourth-order valence-electron chi connectivity index (χ4n) is 3.50. The second kappa shape index (κ2) is 11.2. The lowest BCUT2D eigenvalue weighted by molar-refractivity contribution is -0.129. The van der Waals surface area contributed by atoms with Crippen molar-refractivity contribution in [1.82, 2.24) is 20.4 Å². The highest BCUT2D eigenvalue weighted by molar-refractivity contribution is 14.0. The second-order valence-electron chi connectivity index (χ2n) is 7.37. The Bertz CT molecular complexity index is 437. The number of nitrogens with one attached hydrogen (secondary N) is 2. The average Bonchev–Trinajstić information content (AvgIpc) is 3.18. The van der Waals surface area contributed by atoms with Crippen molar-refractivity contribution in [2.45, 2.75) is 59.0 Å². The molecule has 146 valence electrons. The van der Waals surface area contributed by atoms with Crippen LogP contribution in [0.5, 0.6) is 0 Å². The first-order valence-electron chi connectivity index (χ1n) is 9.58. The molecule has 2 N–H and O–H groups in total. The topological polar surface area (TPSA) is 60.0 Å². The van der Waals surface area contributed by atoms with E-state index in [1.807, 2.05) is 4.90 Å². The fourth-order valence-corrected chi connectivity index (χ4v) is 3.50. The highest BCUT2D eigenvalue weighted by Gasteiger charge is 2.31. The lowest BCUT2D eigenvalue weighted by Gasteiger charge is -2.22. The Labute approximate surface area is 170 Å². The Balaban J connectivity index is 0.00000312. The molecule has 7 heteroatoms. The van der Waals surface area contributed by atoms with Gasteiger partial charge in [-0.1, -0.05) is 6.92 Å². The molecule has 2 aliphatic rings. The number of halogens is 1. The summed E-state index contributed by atoms with van der Waals surface area (Å²) in [5, 5.41) is 6.88. The van der Waals surface area contributed by atoms with E-state index in [4.69, 9.17) is 0 Å². The van der Waals surface area contributed by atoms with Gasteiger partial charge in [-0.2, -0.15) is 0 Å². The molecule has 0 radical (unpaired) electrons. The van der Waals surface area contributed by atoms with E-state index in [-0.39, 0.29) is 29.9 Å². The number of carbonyl (C=O) groups is 1. The SMILES string of the molecule is CCNC(=NCCC(=O)N1CCCC1)NC1CN(C(C)C)CC1C.I. The molecule has 2 fully saturated rings. The van der Waals surface area contributed by atoms with Gasteiger partial charge in [0, 0.05) is 51.2 Å². The van der Waals surface area contributed by atoms with Crippen LogP contribution in [0, 0.1) is 5.92 Å². The summed E-state index contributed by atoms with van der Waals surface area (Å²) in [5.74, 6) is 1.68. The van der Waals surface area contributed by atoms with E-state index >= 15 is 0 Å². The standard InChI is InChI=1S/C18H35N5O.HI/c1-5-19-18(20-9-8-17(24)22-10-6-7-11-22)21-16-13-23(14(2)3)12-15(16)4;/h14-16H,5-13H2,1-4H3,(H2,19,20,21);1H. The van der Waals surface area contributed by atoms with Gasteiger partial charge in [-0.15, -0.1) is 24.0 Å². The van der Waals surface area contributed by atoms with Crippen molar-refractivity contribution in [3.05, 3.63) is 0 Å². The molecule has 0 aromatic rings. The number of carbonyl (C=O) groups excluding carboxylic acids is 1. The molecule has 2 saturated heterocycles. The van der Waals surface area contributed by atoms with Crippen LogP contribution in [-0.2, 0) is 4.79 Å². The molecular formula is C18H36IN5O. The van der Waals surface area contributed by atoms with Crippen LogP contribution in [0.1, 0.15) is 47.0 Å². The lowest BCUT2D eigenvalue weighted by atomic mass is 10.1. The Morgan fingerprint density at radius 2 is 1.92 bits per heavy atom. The number of rotatable bonds is 6. The van der Waals surface area contributed by atoms with E-state index in [0.717, 1.165) is 51.5 Å². The fraction of sp³-hybridized carbons (Fsp3) is 0.889. The Morgan fingerprint density at radius 3 is 2.48 bits per heavy atom. The van der Waals surface area contributed by atoms with Gasteiger partial charge in [0.15, 0.2) is 5.96 Å². The molecule has 0 aromatic carbocycles. The molecule has 2 aliphatic heterocycles. The average molecular weight is 465 g/mol. The third-order valence-electron chi connectivity index (χ3n) is 5.09. The summed E-state index contributed by atoms with van der Waals surface area (Å²) in [6.45, 7) is 14.3. The van der Waals surface area contributed by atoms with Crippen molar-refractivity contribution in [1.29, 1.82) is 0 Å². The molecule has 0 spiro atoms. The van der Waals surface area contributed by atoms with Crippen molar-refractivity contribution >= 4 is 35.8 Å². The number of guanidine groups is 1. The maximum atomic E-state index is 12.1. The summed E-state index contributed by atoms with van der Waals surface area (Å²) in [5.41, 5.74) is 0. The van der Waals surface area contributed by atoms with Gasteiger partial charge in [0.1, 0.15) is 0 Å². The molecule has 0 saturated carbocycles. The number of aliphatic imine (C=N–C) groups is 1. The monoisotopic (exact) mass is 465 g/mol. The highest BCUT2D eigenvalue weighted by atomic mass is 127. The quantitative estimate of drug-likeness (QED) is 0.358. The number of amides is 1. The van der Waals surface area contributed by atoms with E-state index in [1.54, 1.807) is 0 Å². The van der Waals surface area contributed by atoms with Gasteiger partial charge in [0.25, 0.3) is 0 Å². The first kappa shape index (κ1) is 22.5. The zero-order chi connectivity index (χ0) is 17.5. The van der Waals surface area contributed by atoms with E-state index in [1.165, 1.54) is 0 Å². The van der Waals surface area contributed by atoms with E-state index in [9.17, 15) is 4.79 Å². The minimum absolute atomic E-state index is 0. The smallest absolute Gasteiger partial charge is 0.224 e. The van der Waals surface area contributed by atoms with Crippen LogP contribution in [0.25, 0.3) is 0 Å². The summed E-state index contributed by atoms with van der Waals surface area (Å²) in [6.07, 6.45) is 2.80. The van der Waals surface area contributed by atoms with Crippen LogP contribution < -0.4 is 10.6 Å². The first-order valence-corrected chi connectivity index (χ1v) is 9.58. The molecule has 2 atom stereocenters. The van der Waals surface area contributed by atoms with Gasteiger partial charge >= 0.3 is 0 Å². The predicted molar refractivity (Wildman–Crippen MR) is 115 cm³/mol. The van der Waals surface area contributed by atoms with Crippen LogP contribution in [-0.4, -0.2) is 73.0 Å². The normalized spacial score (nSPS) is 24.5. The third-order valence-corrected chi connectivity index (χ3v) is 5.09. The number of hydrogen-bond acceptors (Lipinski definition) is 3. The number of likely N-dealkylation sites (tertiary alicyclic amines) is 2. The maximum absolute atomic E-state index is 12.1. The molecular weight excluding hydrogens is 429 g/mol. The summed E-state index contributed by atoms with van der Waals surface area (Å²) in [7, 11) is 0. The highest BCUT2D eigenvalue weighted by Crippen LogP contribution is 2.18. The minimum atomic E-state index is 0. The van der Waals surface area contributed by atoms with Crippen molar-refractivity contribution < 1.29 is 4.79 Å². The maximum Gasteiger partial charge on any atom is 0.224 e. The van der Waals surface area contributed by atoms with Gasteiger partial charge in [0.2, 0.25) is 5.91 Å². The Kier molecular flexibility index (Phi) is 10.1. The van der Waals surface area contributed by atoms with Crippen LogP contribution in [0.3, 0.4) is 0 Å². The Morgan fingerprint density at radius 1 is 1.24 bits per heavy atom. The first-order chi connectivity index (χ1) is 11.5. The van der Waals surface area contributed by atoms with Crippen molar-refractivity contribution in [2.75, 3.05) is 39.3 Å². The Hall–Kier alpha value is -0.570. The molecule has 2 unspecified atom stereocenters. The van der Waals surface area contributed by atoms with E-state index in [2.05, 4.69) is 48.2 Å². The van der Waals surface area contributed by atoms with Crippen molar-refractivity contribution in [3.8, 4) is 0 Å². The van der Waals surface area contributed by atoms with E-state index < -0.39 is 0 Å². The molecule has 25 heavy (non-hydrogen) atoms. The summed E-state index contributed by atoms with van der Waals surface area (Å²) >= 11 is 0. The molecule has 2 rings (SSSR count). The molecule has 2 heterocycles. The van der Waals surface area contributed by atoms with Crippen LogP contribution in [0.15, 0.2) is 4.99 Å². The molecule has 6 nitrogen and oxygen atoms in total. The second-order valence-corrected chi connectivity index (χ2v) is 7.37. The molecule has 0 aromatic heterocycles. The van der Waals surface area contributed by atoms with Gasteiger partial charge in [-0.25, -0.2) is 0 Å². The molecule has 0 aliphatic carbocycles. The van der Waals surface area contributed by atoms with Crippen LogP contribution >= 0.6 is 24.0 Å². The summed E-state index contributed by atoms with van der Waals surface area (Å²) < 4.78 is 0. The van der Waals surface area contributed by atoms with Crippen LogP contribution in [0.2, 0.25) is 0 Å². The van der Waals surface area contributed by atoms with Gasteiger partial charge in [-0.05, 0) is 39.5 Å². The summed E-state index contributed by atoms with van der Waals surface area (Å²) in [4.78, 5) is 21.2. The van der Waals surface area contributed by atoms with Gasteiger partial charge in [0.05, 0.1) is 6.54 Å². The number of nitrogens with zero attached hydrogens (tertiary/aromatic N) is 3. The predicted octanol–water partition coefficient (Wildman–Crippen LogP) is 1.90. The molecule has 0 bridgehead atoms. The third kappa shape index (κ3) is 6.92. The largest absolute Gasteiger partial charge is 0.357 e. The number of hydrogen-bond donors (Lipinski definition) is 2. The minimum Gasteiger partial charge on any atom is -0.357 e. The van der Waals surface area contributed by atoms with Crippen molar-refractivity contribution in [2.24, 2.45) is 10.9 Å². The van der Waals surface area contributed by atoms with Gasteiger partial charge < -0.3 is 15.5 Å². The zero-order valence-corrected chi connectivity index (χ0v) is 18.6. The van der Waals surface area contributed by atoms with Gasteiger partial charge in [-0.3, -0.25) is 14.7 Å². The zero-order valence-electron chi connectivity index (χ0n) is 16.3. The van der Waals surface area contributed by atoms with E-state index in [0.29, 0.717) is 31.0 Å². The van der Waals surface area contributed by atoms with Crippen LogP contribution in [0.4, 0.5) is 0 Å². The lowest BCUT2D eigenvalue weighted by Crippen LogP contribution is -2.47. The molecule has 1 amide bonds. The summed E-state index contributed by atoms with van der Waals surface area (Å²) in [6, 6.07) is 0.997.